The number of halogens is 2. The first-order chi connectivity index (χ1) is 8.67. The molecule has 3 N–H and O–H groups in total. The van der Waals surface area contributed by atoms with Crippen LogP contribution in [0.15, 0.2) is 18.2 Å². The number of alkyl carbamates (subject to hydrolysis) is 1. The van der Waals surface area contributed by atoms with E-state index in [9.17, 15) is 9.18 Å². The monoisotopic (exact) mass is 288 g/mol. The molecule has 0 saturated carbocycles. The summed E-state index contributed by atoms with van der Waals surface area (Å²) in [6.45, 7) is 5.42. The Balaban J connectivity index is 2.56. The molecule has 0 saturated heterocycles. The first-order valence-corrected chi connectivity index (χ1v) is 6.23. The van der Waals surface area contributed by atoms with Crippen molar-refractivity contribution in [3.05, 3.63) is 34.6 Å². The molecule has 0 unspecified atom stereocenters. The number of carbonyl (C=O) groups is 1. The first-order valence-electron chi connectivity index (χ1n) is 5.86. The van der Waals surface area contributed by atoms with Crippen LogP contribution in [-0.2, 0) is 4.74 Å². The standard InChI is InChI=1S/C13H18ClFN2O2/c1-13(2,3)19-12(18)17-7-11(16)8-4-9(14)6-10(15)5-8/h4-6,11H,7,16H2,1-3H3,(H,17,18)/t11-/m1/s1. The minimum atomic E-state index is -0.573. The molecule has 0 heterocycles. The van der Waals surface area contributed by atoms with Gasteiger partial charge in [-0.3, -0.25) is 0 Å². The molecular weight excluding hydrogens is 271 g/mol. The normalized spacial score (nSPS) is 12.9. The number of carbonyl (C=O) groups excluding carboxylic acids is 1. The van der Waals surface area contributed by atoms with Crippen molar-refractivity contribution in [2.24, 2.45) is 5.73 Å². The zero-order chi connectivity index (χ0) is 14.6. The lowest BCUT2D eigenvalue weighted by atomic mass is 10.1. The summed E-state index contributed by atoms with van der Waals surface area (Å²) in [7, 11) is 0. The summed E-state index contributed by atoms with van der Waals surface area (Å²) >= 11 is 5.74. The van der Waals surface area contributed by atoms with Gasteiger partial charge in [0.15, 0.2) is 0 Å². The number of ether oxygens (including phenoxy) is 1. The third-order valence-corrected chi connectivity index (χ3v) is 2.40. The van der Waals surface area contributed by atoms with Crippen molar-refractivity contribution in [1.29, 1.82) is 0 Å². The summed E-state index contributed by atoms with van der Waals surface area (Å²) < 4.78 is 18.2. The van der Waals surface area contributed by atoms with E-state index in [0.717, 1.165) is 0 Å². The molecule has 0 bridgehead atoms. The molecule has 1 amide bonds. The summed E-state index contributed by atoms with van der Waals surface area (Å²) in [6, 6.07) is 3.49. The highest BCUT2D eigenvalue weighted by Crippen LogP contribution is 2.18. The van der Waals surface area contributed by atoms with Crippen molar-refractivity contribution in [3.63, 3.8) is 0 Å². The van der Waals surface area contributed by atoms with Gasteiger partial charge in [-0.15, -0.1) is 0 Å². The first kappa shape index (κ1) is 15.7. The van der Waals surface area contributed by atoms with Gasteiger partial charge in [0.2, 0.25) is 0 Å². The van der Waals surface area contributed by atoms with Crippen molar-refractivity contribution in [2.75, 3.05) is 6.54 Å². The molecule has 0 spiro atoms. The molecular formula is C13H18ClFN2O2. The number of nitrogens with one attached hydrogen (secondary N) is 1. The lowest BCUT2D eigenvalue weighted by Gasteiger charge is -2.21. The van der Waals surface area contributed by atoms with Crippen molar-refractivity contribution in [3.8, 4) is 0 Å². The van der Waals surface area contributed by atoms with Crippen molar-refractivity contribution < 1.29 is 13.9 Å². The molecule has 1 aromatic rings. The topological polar surface area (TPSA) is 64.3 Å². The van der Waals surface area contributed by atoms with Crippen molar-refractivity contribution in [1.82, 2.24) is 5.32 Å². The average molecular weight is 289 g/mol. The molecule has 0 aliphatic carbocycles. The molecule has 4 nitrogen and oxygen atoms in total. The number of rotatable bonds is 3. The van der Waals surface area contributed by atoms with E-state index in [1.54, 1.807) is 26.8 Å². The van der Waals surface area contributed by atoms with E-state index in [1.165, 1.54) is 12.1 Å². The van der Waals surface area contributed by atoms with E-state index >= 15 is 0 Å². The second-order valence-corrected chi connectivity index (χ2v) is 5.63. The van der Waals surface area contributed by atoms with Crippen molar-refractivity contribution >= 4 is 17.7 Å². The number of nitrogens with two attached hydrogens (primary N) is 1. The second kappa shape index (κ2) is 6.21. The summed E-state index contributed by atoms with van der Waals surface area (Å²) in [5.41, 5.74) is 5.79. The minimum Gasteiger partial charge on any atom is -0.444 e. The molecule has 0 aromatic heterocycles. The maximum Gasteiger partial charge on any atom is 0.407 e. The molecule has 1 rings (SSSR count). The van der Waals surface area contributed by atoms with Gasteiger partial charge in [0.25, 0.3) is 0 Å². The molecule has 1 atom stereocenters. The molecule has 0 radical (unpaired) electrons. The Morgan fingerprint density at radius 3 is 2.63 bits per heavy atom. The van der Waals surface area contributed by atoms with Gasteiger partial charge >= 0.3 is 6.09 Å². The molecule has 106 valence electrons. The van der Waals surface area contributed by atoms with E-state index < -0.39 is 23.6 Å². The summed E-state index contributed by atoms with van der Waals surface area (Å²) in [4.78, 5) is 11.4. The smallest absolute Gasteiger partial charge is 0.407 e. The largest absolute Gasteiger partial charge is 0.444 e. The van der Waals surface area contributed by atoms with E-state index in [1.807, 2.05) is 0 Å². The van der Waals surface area contributed by atoms with Gasteiger partial charge in [-0.25, -0.2) is 9.18 Å². The van der Waals surface area contributed by atoms with Crippen LogP contribution in [0.1, 0.15) is 32.4 Å². The van der Waals surface area contributed by atoms with Gasteiger partial charge in [0.1, 0.15) is 11.4 Å². The molecule has 19 heavy (non-hydrogen) atoms. The Bertz CT molecular complexity index is 440. The highest BCUT2D eigenvalue weighted by atomic mass is 35.5. The van der Waals surface area contributed by atoms with Gasteiger partial charge < -0.3 is 15.8 Å². The van der Waals surface area contributed by atoms with Crippen LogP contribution in [0.3, 0.4) is 0 Å². The summed E-state index contributed by atoms with van der Waals surface area (Å²) in [6.07, 6.45) is -0.564. The van der Waals surface area contributed by atoms with Crippen LogP contribution in [-0.4, -0.2) is 18.2 Å². The van der Waals surface area contributed by atoms with Gasteiger partial charge in [-0.2, -0.15) is 0 Å². The Labute approximate surface area is 117 Å². The maximum atomic E-state index is 13.2. The van der Waals surface area contributed by atoms with Crippen LogP contribution in [0.5, 0.6) is 0 Å². The molecule has 0 aliphatic heterocycles. The molecule has 0 fully saturated rings. The third kappa shape index (κ3) is 5.89. The molecule has 0 aliphatic rings. The Hall–Kier alpha value is -1.33. The van der Waals surface area contributed by atoms with Crippen molar-refractivity contribution in [2.45, 2.75) is 32.4 Å². The minimum absolute atomic E-state index is 0.134. The van der Waals surface area contributed by atoms with Gasteiger partial charge in [-0.05, 0) is 44.5 Å². The molecule has 1 aromatic carbocycles. The van der Waals surface area contributed by atoms with E-state index in [2.05, 4.69) is 5.32 Å². The second-order valence-electron chi connectivity index (χ2n) is 5.19. The quantitative estimate of drug-likeness (QED) is 0.898. The summed E-state index contributed by atoms with van der Waals surface area (Å²) in [5, 5.41) is 2.79. The predicted molar refractivity (Wildman–Crippen MR) is 72.6 cm³/mol. The number of benzene rings is 1. The van der Waals surface area contributed by atoms with Crippen LogP contribution >= 0.6 is 11.6 Å². The average Bonchev–Trinajstić information content (AvgIpc) is 2.22. The Kier molecular flexibility index (Phi) is 5.14. The fraction of sp³-hybridized carbons (Fsp3) is 0.462. The SMILES string of the molecule is CC(C)(C)OC(=O)NC[C@@H](N)c1cc(F)cc(Cl)c1. The van der Waals surface area contributed by atoms with Crippen LogP contribution in [0, 0.1) is 5.82 Å². The van der Waals surface area contributed by atoms with Crippen LogP contribution < -0.4 is 11.1 Å². The van der Waals surface area contributed by atoms with E-state index in [-0.39, 0.29) is 11.6 Å². The van der Waals surface area contributed by atoms with Crippen LogP contribution in [0.2, 0.25) is 5.02 Å². The fourth-order valence-electron chi connectivity index (χ4n) is 1.41. The lowest BCUT2D eigenvalue weighted by Crippen LogP contribution is -2.36. The lowest BCUT2D eigenvalue weighted by molar-refractivity contribution is 0.0524. The number of amides is 1. The fourth-order valence-corrected chi connectivity index (χ4v) is 1.64. The van der Waals surface area contributed by atoms with Gasteiger partial charge in [0.05, 0.1) is 0 Å². The predicted octanol–water partition coefficient (Wildman–Crippen LogP) is 3.00. The zero-order valence-corrected chi connectivity index (χ0v) is 11.9. The maximum absolute atomic E-state index is 13.2. The number of hydrogen-bond donors (Lipinski definition) is 2. The Morgan fingerprint density at radius 1 is 1.47 bits per heavy atom. The Morgan fingerprint density at radius 2 is 2.11 bits per heavy atom. The molecule has 6 heteroatoms. The summed E-state index contributed by atoms with van der Waals surface area (Å²) in [5.74, 6) is -0.463. The third-order valence-electron chi connectivity index (χ3n) is 2.18. The van der Waals surface area contributed by atoms with Crippen LogP contribution in [0.25, 0.3) is 0 Å². The van der Waals surface area contributed by atoms with E-state index in [0.29, 0.717) is 5.56 Å². The number of hydrogen-bond acceptors (Lipinski definition) is 3. The van der Waals surface area contributed by atoms with Gasteiger partial charge in [-0.1, -0.05) is 11.6 Å². The highest BCUT2D eigenvalue weighted by Gasteiger charge is 2.17. The highest BCUT2D eigenvalue weighted by molar-refractivity contribution is 6.30. The zero-order valence-electron chi connectivity index (χ0n) is 11.2. The van der Waals surface area contributed by atoms with E-state index in [4.69, 9.17) is 22.1 Å². The van der Waals surface area contributed by atoms with Crippen LogP contribution in [0.4, 0.5) is 9.18 Å². The van der Waals surface area contributed by atoms with Gasteiger partial charge in [0, 0.05) is 17.6 Å².